The molecule has 0 bridgehead atoms. The van der Waals surface area contributed by atoms with Crippen LogP contribution in [0.5, 0.6) is 5.75 Å². The quantitative estimate of drug-likeness (QED) is 0.613. The maximum atomic E-state index is 12.8. The summed E-state index contributed by atoms with van der Waals surface area (Å²) in [6, 6.07) is 15.0. The summed E-state index contributed by atoms with van der Waals surface area (Å²) in [5.41, 5.74) is 1.94. The molecule has 0 aliphatic heterocycles. The minimum absolute atomic E-state index is 0.654. The van der Waals surface area contributed by atoms with Crippen molar-refractivity contribution in [1.82, 2.24) is 0 Å². The van der Waals surface area contributed by atoms with Gasteiger partial charge in [-0.1, -0.05) is 18.2 Å². The Morgan fingerprint density at radius 1 is 0.880 bits per heavy atom. The summed E-state index contributed by atoms with van der Waals surface area (Å²) < 4.78 is 43.7. The molecule has 0 heterocycles. The number of methoxy groups -OCH3 is 1. The van der Waals surface area contributed by atoms with Crippen LogP contribution >= 0.6 is 0 Å². The fourth-order valence-corrected chi connectivity index (χ4v) is 2.80. The zero-order valence-corrected chi connectivity index (χ0v) is 14.2. The number of hydrogen-bond donors (Lipinski definition) is 0. The van der Waals surface area contributed by atoms with Crippen LogP contribution in [-0.4, -0.2) is 21.2 Å². The molecule has 0 aromatic heterocycles. The highest BCUT2D eigenvalue weighted by atomic mass is 19.4. The Labute approximate surface area is 144 Å². The molecule has 3 rings (SSSR count). The summed E-state index contributed by atoms with van der Waals surface area (Å²) in [7, 11) is 5.49. The number of halogens is 3. The third-order valence-corrected chi connectivity index (χ3v) is 4.19. The van der Waals surface area contributed by atoms with Crippen molar-refractivity contribution in [3.8, 4) is 16.9 Å². The highest BCUT2D eigenvalue weighted by Crippen LogP contribution is 2.36. The molecule has 3 aromatic carbocycles. The lowest BCUT2D eigenvalue weighted by Gasteiger charge is -2.16. The molecule has 130 valence electrons. The van der Waals surface area contributed by atoms with E-state index in [0.717, 1.165) is 39.7 Å². The maximum Gasteiger partial charge on any atom is 0.416 e. The monoisotopic (exact) mass is 345 g/mol. The van der Waals surface area contributed by atoms with E-state index in [1.165, 1.54) is 12.1 Å². The van der Waals surface area contributed by atoms with Gasteiger partial charge in [0.05, 0.1) is 12.7 Å². The van der Waals surface area contributed by atoms with Gasteiger partial charge in [0.2, 0.25) is 0 Å². The van der Waals surface area contributed by atoms with Gasteiger partial charge in [-0.3, -0.25) is 0 Å². The second-order valence-electron chi connectivity index (χ2n) is 6.05. The minimum atomic E-state index is -4.34. The van der Waals surface area contributed by atoms with E-state index < -0.39 is 11.7 Å². The molecule has 0 spiro atoms. The first kappa shape index (κ1) is 17.1. The molecule has 0 atom stereocenters. The average Bonchev–Trinajstić information content (AvgIpc) is 2.59. The lowest BCUT2D eigenvalue weighted by molar-refractivity contribution is -0.137. The van der Waals surface area contributed by atoms with Gasteiger partial charge in [0.25, 0.3) is 0 Å². The van der Waals surface area contributed by atoms with Gasteiger partial charge in [0.1, 0.15) is 5.75 Å². The topological polar surface area (TPSA) is 12.5 Å². The Bertz CT molecular complexity index is 899. The van der Waals surface area contributed by atoms with Crippen LogP contribution in [0.3, 0.4) is 0 Å². The number of rotatable bonds is 3. The molecule has 0 unspecified atom stereocenters. The zero-order valence-electron chi connectivity index (χ0n) is 14.2. The lowest BCUT2D eigenvalue weighted by Crippen LogP contribution is -2.08. The summed E-state index contributed by atoms with van der Waals surface area (Å²) in [5, 5.41) is 1.94. The number of benzene rings is 3. The molecular formula is C20H18F3NO. The van der Waals surface area contributed by atoms with Crippen LogP contribution in [0.1, 0.15) is 5.56 Å². The Balaban J connectivity index is 2.17. The van der Waals surface area contributed by atoms with Crippen molar-refractivity contribution >= 4 is 16.5 Å². The van der Waals surface area contributed by atoms with E-state index in [0.29, 0.717) is 5.75 Å². The summed E-state index contributed by atoms with van der Waals surface area (Å²) >= 11 is 0. The molecule has 2 nitrogen and oxygen atoms in total. The van der Waals surface area contributed by atoms with E-state index >= 15 is 0 Å². The van der Waals surface area contributed by atoms with Crippen LogP contribution in [0, 0.1) is 0 Å². The Morgan fingerprint density at radius 2 is 1.56 bits per heavy atom. The van der Waals surface area contributed by atoms with E-state index in [-0.39, 0.29) is 0 Å². The smallest absolute Gasteiger partial charge is 0.416 e. The van der Waals surface area contributed by atoms with Gasteiger partial charge < -0.3 is 9.64 Å². The molecule has 0 aliphatic carbocycles. The van der Waals surface area contributed by atoms with Crippen molar-refractivity contribution < 1.29 is 17.9 Å². The summed E-state index contributed by atoms with van der Waals surface area (Å²) in [6.45, 7) is 0. The SMILES string of the molecule is COc1cc(-c2ccc(C(F)(F)F)cc2)c2ccc(N(C)C)cc2c1. The van der Waals surface area contributed by atoms with Crippen molar-refractivity contribution in [2.24, 2.45) is 0 Å². The number of hydrogen-bond acceptors (Lipinski definition) is 2. The van der Waals surface area contributed by atoms with E-state index in [9.17, 15) is 13.2 Å². The number of anilines is 1. The molecule has 0 aliphatic rings. The molecule has 5 heteroatoms. The number of fused-ring (bicyclic) bond motifs is 1. The highest BCUT2D eigenvalue weighted by molar-refractivity contribution is 5.99. The fraction of sp³-hybridized carbons (Fsp3) is 0.200. The van der Waals surface area contributed by atoms with Crippen LogP contribution < -0.4 is 9.64 Å². The first-order chi connectivity index (χ1) is 11.8. The van der Waals surface area contributed by atoms with Crippen LogP contribution in [0.15, 0.2) is 54.6 Å². The normalized spacial score (nSPS) is 11.6. The van der Waals surface area contributed by atoms with Crippen LogP contribution in [0.25, 0.3) is 21.9 Å². The first-order valence-corrected chi connectivity index (χ1v) is 7.76. The molecule has 0 saturated heterocycles. The van der Waals surface area contributed by atoms with Crippen molar-refractivity contribution in [1.29, 1.82) is 0 Å². The largest absolute Gasteiger partial charge is 0.497 e. The van der Waals surface area contributed by atoms with E-state index in [4.69, 9.17) is 4.74 Å². The molecule has 25 heavy (non-hydrogen) atoms. The van der Waals surface area contributed by atoms with E-state index in [1.807, 2.05) is 49.3 Å². The summed E-state index contributed by atoms with van der Waals surface area (Å²) in [4.78, 5) is 2.00. The minimum Gasteiger partial charge on any atom is -0.497 e. The Hall–Kier alpha value is -2.69. The zero-order chi connectivity index (χ0) is 18.2. The van der Waals surface area contributed by atoms with Gasteiger partial charge in [0, 0.05) is 19.8 Å². The summed E-state index contributed by atoms with van der Waals surface area (Å²) in [6.07, 6.45) is -4.34. The third-order valence-electron chi connectivity index (χ3n) is 4.19. The van der Waals surface area contributed by atoms with Gasteiger partial charge in [0.15, 0.2) is 0 Å². The second-order valence-corrected chi connectivity index (χ2v) is 6.05. The average molecular weight is 345 g/mol. The highest BCUT2D eigenvalue weighted by Gasteiger charge is 2.30. The van der Waals surface area contributed by atoms with Crippen LogP contribution in [0.2, 0.25) is 0 Å². The van der Waals surface area contributed by atoms with Crippen LogP contribution in [-0.2, 0) is 6.18 Å². The summed E-state index contributed by atoms with van der Waals surface area (Å²) in [5.74, 6) is 0.665. The van der Waals surface area contributed by atoms with Gasteiger partial charge in [-0.25, -0.2) is 0 Å². The van der Waals surface area contributed by atoms with Gasteiger partial charge in [-0.05, 0) is 58.3 Å². The first-order valence-electron chi connectivity index (χ1n) is 7.76. The number of alkyl halides is 3. The molecule has 0 amide bonds. The molecule has 0 fully saturated rings. The lowest BCUT2D eigenvalue weighted by atomic mass is 9.96. The maximum absolute atomic E-state index is 12.8. The predicted octanol–water partition coefficient (Wildman–Crippen LogP) is 5.60. The van der Waals surface area contributed by atoms with E-state index in [2.05, 4.69) is 0 Å². The van der Waals surface area contributed by atoms with Crippen molar-refractivity contribution in [2.45, 2.75) is 6.18 Å². The van der Waals surface area contributed by atoms with Crippen molar-refractivity contribution in [2.75, 3.05) is 26.1 Å². The van der Waals surface area contributed by atoms with E-state index in [1.54, 1.807) is 7.11 Å². The standard InChI is InChI=1S/C20H18F3NO/c1-24(2)16-8-9-18-14(10-16)11-17(25-3)12-19(18)13-4-6-15(7-5-13)20(21,22)23/h4-12H,1-3H3. The molecule has 3 aromatic rings. The van der Waals surface area contributed by atoms with Gasteiger partial charge in [-0.15, -0.1) is 0 Å². The molecular weight excluding hydrogens is 327 g/mol. The predicted molar refractivity (Wildman–Crippen MR) is 95.3 cm³/mol. The molecule has 0 radical (unpaired) electrons. The Kier molecular flexibility index (Phi) is 4.33. The van der Waals surface area contributed by atoms with Gasteiger partial charge in [-0.2, -0.15) is 13.2 Å². The number of nitrogens with zero attached hydrogens (tertiary/aromatic N) is 1. The molecule has 0 N–H and O–H groups in total. The third kappa shape index (κ3) is 3.40. The van der Waals surface area contributed by atoms with Crippen LogP contribution in [0.4, 0.5) is 18.9 Å². The second kappa shape index (κ2) is 6.31. The number of ether oxygens (including phenoxy) is 1. The van der Waals surface area contributed by atoms with Gasteiger partial charge >= 0.3 is 6.18 Å². The fourth-order valence-electron chi connectivity index (χ4n) is 2.80. The molecule has 0 saturated carbocycles. The Morgan fingerprint density at radius 3 is 2.12 bits per heavy atom. The van der Waals surface area contributed by atoms with Crippen molar-refractivity contribution in [3.63, 3.8) is 0 Å². The van der Waals surface area contributed by atoms with Crippen molar-refractivity contribution in [3.05, 3.63) is 60.2 Å².